The van der Waals surface area contributed by atoms with Gasteiger partial charge in [0.05, 0.1) is 0 Å². The van der Waals surface area contributed by atoms with Gasteiger partial charge in [-0.15, -0.1) is 11.8 Å². The molecular weight excluding hydrogens is 246 g/mol. The summed E-state index contributed by atoms with van der Waals surface area (Å²) >= 11 is 1.55. The van der Waals surface area contributed by atoms with Crippen molar-refractivity contribution in [2.45, 2.75) is 18.7 Å². The van der Waals surface area contributed by atoms with Gasteiger partial charge in [0.2, 0.25) is 0 Å². The summed E-state index contributed by atoms with van der Waals surface area (Å²) in [5.74, 6) is -0.366. The van der Waals surface area contributed by atoms with Gasteiger partial charge in [0.1, 0.15) is 0 Å². The topological polar surface area (TPSA) is 52.2 Å². The summed E-state index contributed by atoms with van der Waals surface area (Å²) in [7, 11) is 0. The molecule has 100 valence electrons. The Labute approximate surface area is 113 Å². The summed E-state index contributed by atoms with van der Waals surface area (Å²) in [6, 6.07) is 9.82. The fourth-order valence-corrected chi connectivity index (χ4v) is 2.47. The molecule has 0 aliphatic heterocycles. The minimum absolute atomic E-state index is 0.450. The maximum absolute atomic E-state index is 11.0. The summed E-state index contributed by atoms with van der Waals surface area (Å²) in [4.78, 5) is 12.1. The van der Waals surface area contributed by atoms with Crippen LogP contribution in [0.1, 0.15) is 13.8 Å². The summed E-state index contributed by atoms with van der Waals surface area (Å²) < 4.78 is 0. The van der Waals surface area contributed by atoms with Crippen molar-refractivity contribution in [3.05, 3.63) is 30.3 Å². The summed E-state index contributed by atoms with van der Waals surface area (Å²) in [6.07, 6.45) is 0. The zero-order chi connectivity index (χ0) is 13.4. The second-order valence-electron chi connectivity index (χ2n) is 4.69. The van der Waals surface area contributed by atoms with E-state index in [0.29, 0.717) is 18.2 Å². The van der Waals surface area contributed by atoms with Gasteiger partial charge >= 0.3 is 0 Å². The van der Waals surface area contributed by atoms with Crippen molar-refractivity contribution in [3.63, 3.8) is 0 Å². The van der Waals surface area contributed by atoms with Crippen molar-refractivity contribution < 1.29 is 9.90 Å². The van der Waals surface area contributed by atoms with Crippen LogP contribution in [0.25, 0.3) is 0 Å². The van der Waals surface area contributed by atoms with Crippen LogP contribution in [0, 0.1) is 11.8 Å². The van der Waals surface area contributed by atoms with Crippen molar-refractivity contribution in [1.82, 2.24) is 5.32 Å². The lowest BCUT2D eigenvalue weighted by Gasteiger charge is -2.19. The number of carboxylic acids is 1. The Kier molecular flexibility index (Phi) is 6.83. The van der Waals surface area contributed by atoms with E-state index in [-0.39, 0.29) is 0 Å². The van der Waals surface area contributed by atoms with Gasteiger partial charge in [0.15, 0.2) is 0 Å². The van der Waals surface area contributed by atoms with Crippen molar-refractivity contribution in [3.8, 4) is 0 Å². The van der Waals surface area contributed by atoms with Gasteiger partial charge in [-0.1, -0.05) is 32.0 Å². The third-order valence-electron chi connectivity index (χ3n) is 2.47. The van der Waals surface area contributed by atoms with Gasteiger partial charge in [0.25, 0.3) is 0 Å². The number of thioether (sulfide) groups is 1. The zero-order valence-corrected chi connectivity index (χ0v) is 11.7. The van der Waals surface area contributed by atoms with E-state index in [9.17, 15) is 9.90 Å². The van der Waals surface area contributed by atoms with Gasteiger partial charge in [-0.3, -0.25) is 0 Å². The predicted octanol–water partition coefficient (Wildman–Crippen LogP) is 1.39. The second kappa shape index (κ2) is 8.16. The highest BCUT2D eigenvalue weighted by Crippen LogP contribution is 2.19. The second-order valence-corrected chi connectivity index (χ2v) is 5.79. The lowest BCUT2D eigenvalue weighted by molar-refractivity contribution is -0.310. The molecule has 0 spiro atoms. The molecule has 1 unspecified atom stereocenters. The molecule has 0 saturated heterocycles. The Morgan fingerprint density at radius 3 is 2.50 bits per heavy atom. The first-order chi connectivity index (χ1) is 8.59. The van der Waals surface area contributed by atoms with E-state index in [0.717, 1.165) is 11.4 Å². The Hall–Kier alpha value is -1.00. The lowest BCUT2D eigenvalue weighted by Crippen LogP contribution is -2.40. The molecule has 0 aliphatic carbocycles. The quantitative estimate of drug-likeness (QED) is 0.723. The van der Waals surface area contributed by atoms with E-state index in [1.165, 1.54) is 0 Å². The molecule has 0 bridgehead atoms. The number of hydrogen-bond donors (Lipinski definition) is 1. The van der Waals surface area contributed by atoms with Crippen LogP contribution in [0.3, 0.4) is 0 Å². The van der Waals surface area contributed by atoms with E-state index < -0.39 is 11.9 Å². The molecule has 1 N–H and O–H groups in total. The van der Waals surface area contributed by atoms with Crippen LogP contribution in [0.5, 0.6) is 0 Å². The monoisotopic (exact) mass is 266 g/mol. The predicted molar refractivity (Wildman–Crippen MR) is 73.4 cm³/mol. The standard InChI is InChI=1S/C14H21NO2S/c1-11(2)8-15-9-12(14(16)17)10-18-13-6-4-3-5-7-13/h3-7,11-12,15H,8-10H2,1-2H3,(H,16,17)/p-1. The van der Waals surface area contributed by atoms with E-state index in [1.54, 1.807) is 11.8 Å². The molecule has 0 radical (unpaired) electrons. The van der Waals surface area contributed by atoms with Crippen LogP contribution in [-0.2, 0) is 4.79 Å². The largest absolute Gasteiger partial charge is 0.550 e. The van der Waals surface area contributed by atoms with Gasteiger partial charge in [-0.2, -0.15) is 0 Å². The molecule has 0 saturated carbocycles. The first kappa shape index (κ1) is 15.1. The molecule has 1 aromatic rings. The number of carboxylic acid groups (broad SMARTS) is 1. The van der Waals surface area contributed by atoms with Crippen LogP contribution in [0.4, 0.5) is 0 Å². The van der Waals surface area contributed by atoms with Crippen molar-refractivity contribution >= 4 is 17.7 Å². The average molecular weight is 266 g/mol. The Morgan fingerprint density at radius 1 is 1.28 bits per heavy atom. The Morgan fingerprint density at radius 2 is 1.94 bits per heavy atom. The third kappa shape index (κ3) is 6.07. The number of benzene rings is 1. The van der Waals surface area contributed by atoms with Gasteiger partial charge in [0, 0.05) is 29.1 Å². The maximum Gasteiger partial charge on any atom is 0.0466 e. The lowest BCUT2D eigenvalue weighted by atomic mass is 10.1. The van der Waals surface area contributed by atoms with Gasteiger partial charge in [-0.05, 0) is 24.6 Å². The van der Waals surface area contributed by atoms with Crippen LogP contribution in [0.2, 0.25) is 0 Å². The molecule has 1 aromatic carbocycles. The van der Waals surface area contributed by atoms with Crippen LogP contribution < -0.4 is 10.4 Å². The molecule has 0 heterocycles. The minimum atomic E-state index is -0.977. The maximum atomic E-state index is 11.0. The van der Waals surface area contributed by atoms with Crippen molar-refractivity contribution in [2.75, 3.05) is 18.8 Å². The molecule has 0 amide bonds. The molecule has 4 heteroatoms. The van der Waals surface area contributed by atoms with Crippen molar-refractivity contribution in [2.24, 2.45) is 11.8 Å². The molecule has 1 rings (SSSR count). The van der Waals surface area contributed by atoms with Gasteiger partial charge < -0.3 is 15.2 Å². The van der Waals surface area contributed by atoms with Crippen LogP contribution in [-0.4, -0.2) is 24.8 Å². The minimum Gasteiger partial charge on any atom is -0.550 e. The van der Waals surface area contributed by atoms with Crippen molar-refractivity contribution in [1.29, 1.82) is 0 Å². The molecule has 0 aliphatic rings. The van der Waals surface area contributed by atoms with Crippen LogP contribution in [0.15, 0.2) is 35.2 Å². The Bertz CT molecular complexity index is 354. The molecule has 1 atom stereocenters. The third-order valence-corrected chi connectivity index (χ3v) is 3.65. The molecule has 0 aromatic heterocycles. The molecule has 3 nitrogen and oxygen atoms in total. The SMILES string of the molecule is CC(C)CNCC(CSc1ccccc1)C(=O)[O-]. The van der Waals surface area contributed by atoms with Gasteiger partial charge in [-0.25, -0.2) is 0 Å². The summed E-state index contributed by atoms with van der Waals surface area (Å²) in [6.45, 7) is 5.50. The summed E-state index contributed by atoms with van der Waals surface area (Å²) in [5, 5.41) is 14.2. The van der Waals surface area contributed by atoms with E-state index in [4.69, 9.17) is 0 Å². The summed E-state index contributed by atoms with van der Waals surface area (Å²) in [5.41, 5.74) is 0. The number of rotatable bonds is 8. The first-order valence-electron chi connectivity index (χ1n) is 6.19. The highest BCUT2D eigenvalue weighted by molar-refractivity contribution is 7.99. The smallest absolute Gasteiger partial charge is 0.0466 e. The molecule has 18 heavy (non-hydrogen) atoms. The highest BCUT2D eigenvalue weighted by atomic mass is 32.2. The normalized spacial score (nSPS) is 12.6. The van der Waals surface area contributed by atoms with Crippen LogP contribution >= 0.6 is 11.8 Å². The molecular formula is C14H20NO2S-. The van der Waals surface area contributed by atoms with E-state index >= 15 is 0 Å². The fraction of sp³-hybridized carbons (Fsp3) is 0.500. The first-order valence-corrected chi connectivity index (χ1v) is 7.17. The fourth-order valence-electron chi connectivity index (χ4n) is 1.47. The molecule has 0 fully saturated rings. The number of hydrogen-bond acceptors (Lipinski definition) is 4. The van der Waals surface area contributed by atoms with E-state index in [2.05, 4.69) is 19.2 Å². The Balaban J connectivity index is 2.36. The average Bonchev–Trinajstić information content (AvgIpc) is 2.34. The van der Waals surface area contributed by atoms with E-state index in [1.807, 2.05) is 30.3 Å². The highest BCUT2D eigenvalue weighted by Gasteiger charge is 2.10. The number of aliphatic carboxylic acids is 1. The number of nitrogens with one attached hydrogen (secondary N) is 1. The zero-order valence-electron chi connectivity index (χ0n) is 10.9. The number of carbonyl (C=O) groups excluding carboxylic acids is 1. The number of carbonyl (C=O) groups is 1.